The van der Waals surface area contributed by atoms with Crippen molar-refractivity contribution in [3.8, 4) is 0 Å². The Labute approximate surface area is 114 Å². The molecule has 0 atom stereocenters. The molecule has 0 N–H and O–H groups in total. The minimum absolute atomic E-state index is 0.0522. The fourth-order valence-corrected chi connectivity index (χ4v) is 2.09. The van der Waals surface area contributed by atoms with E-state index in [1.165, 1.54) is 18.2 Å². The fraction of sp³-hybridized carbons (Fsp3) is 0.200. The van der Waals surface area contributed by atoms with E-state index >= 15 is 0 Å². The molecule has 0 bridgehead atoms. The summed E-state index contributed by atoms with van der Waals surface area (Å²) in [5, 5.41) is 16.6. The van der Waals surface area contributed by atoms with Crippen LogP contribution >= 0.6 is 11.8 Å². The molecule has 0 aliphatic heterocycles. The molecular weight excluding hydrogens is 299 g/mol. The van der Waals surface area contributed by atoms with E-state index < -0.39 is 17.0 Å². The van der Waals surface area contributed by atoms with Crippen molar-refractivity contribution in [2.45, 2.75) is 17.2 Å². The molecule has 1 aromatic carbocycles. The van der Waals surface area contributed by atoms with E-state index in [9.17, 15) is 23.3 Å². The van der Waals surface area contributed by atoms with Crippen LogP contribution in [0.4, 0.5) is 18.9 Å². The highest BCUT2D eigenvalue weighted by molar-refractivity contribution is 7.98. The zero-order valence-corrected chi connectivity index (χ0v) is 10.4. The van der Waals surface area contributed by atoms with Crippen LogP contribution in [0.5, 0.6) is 0 Å². The molecule has 1 aromatic heterocycles. The Bertz CT molecular complexity index is 629. The molecule has 0 unspecified atom stereocenters. The first-order valence-corrected chi connectivity index (χ1v) is 6.12. The third-order valence-corrected chi connectivity index (χ3v) is 3.06. The second-order valence-corrected chi connectivity index (χ2v) is 4.47. The summed E-state index contributed by atoms with van der Waals surface area (Å²) in [6.07, 6.45) is -4.70. The van der Waals surface area contributed by atoms with E-state index in [0.717, 1.165) is 11.8 Å². The van der Waals surface area contributed by atoms with Crippen molar-refractivity contribution in [3.63, 3.8) is 0 Å². The monoisotopic (exact) mass is 305 g/mol. The second kappa shape index (κ2) is 5.49. The summed E-state index contributed by atoms with van der Waals surface area (Å²) in [5.41, 5.74) is 0.241. The molecule has 0 fully saturated rings. The van der Waals surface area contributed by atoms with Gasteiger partial charge in [0.2, 0.25) is 0 Å². The van der Waals surface area contributed by atoms with Crippen LogP contribution in [0, 0.1) is 10.1 Å². The van der Waals surface area contributed by atoms with Gasteiger partial charge in [0.1, 0.15) is 0 Å². The van der Waals surface area contributed by atoms with Gasteiger partial charge in [-0.2, -0.15) is 13.2 Å². The number of nitrogens with zero attached hydrogens (tertiary/aromatic N) is 3. The molecule has 0 aliphatic rings. The highest BCUT2D eigenvalue weighted by atomic mass is 32.2. The predicted molar refractivity (Wildman–Crippen MR) is 62.0 cm³/mol. The van der Waals surface area contributed by atoms with Crippen LogP contribution in [0.3, 0.4) is 0 Å². The van der Waals surface area contributed by atoms with Crippen molar-refractivity contribution in [1.29, 1.82) is 0 Å². The Balaban J connectivity index is 2.10. The Hall–Kier alpha value is -2.10. The molecule has 20 heavy (non-hydrogen) atoms. The number of nitro benzene ring substituents is 1. The van der Waals surface area contributed by atoms with Gasteiger partial charge in [-0.3, -0.25) is 10.1 Å². The minimum atomic E-state index is -4.70. The highest BCUT2D eigenvalue weighted by Gasteiger charge is 2.38. The van der Waals surface area contributed by atoms with Gasteiger partial charge in [-0.05, 0) is 0 Å². The number of aromatic nitrogens is 2. The smallest absolute Gasteiger partial charge is 0.408 e. The summed E-state index contributed by atoms with van der Waals surface area (Å²) < 4.78 is 41.1. The highest BCUT2D eigenvalue weighted by Crippen LogP contribution is 2.32. The zero-order chi connectivity index (χ0) is 14.8. The largest absolute Gasteiger partial charge is 0.470 e. The van der Waals surface area contributed by atoms with Gasteiger partial charge < -0.3 is 4.42 Å². The van der Waals surface area contributed by atoms with Crippen LogP contribution in [0.25, 0.3) is 0 Å². The number of para-hydroxylation sites is 1. The summed E-state index contributed by atoms with van der Waals surface area (Å²) in [5.74, 6) is -1.39. The first-order valence-electron chi connectivity index (χ1n) is 5.13. The van der Waals surface area contributed by atoms with Crippen molar-refractivity contribution < 1.29 is 22.5 Å². The van der Waals surface area contributed by atoms with Gasteiger partial charge in [0, 0.05) is 17.4 Å². The number of rotatable bonds is 4. The third-order valence-electron chi connectivity index (χ3n) is 2.19. The van der Waals surface area contributed by atoms with Crippen molar-refractivity contribution in [2.75, 3.05) is 0 Å². The van der Waals surface area contributed by atoms with Gasteiger partial charge in [-0.1, -0.05) is 30.0 Å². The second-order valence-electron chi connectivity index (χ2n) is 3.55. The van der Waals surface area contributed by atoms with Crippen molar-refractivity contribution >= 4 is 17.4 Å². The topological polar surface area (TPSA) is 82.1 Å². The van der Waals surface area contributed by atoms with Crippen molar-refractivity contribution in [2.24, 2.45) is 0 Å². The van der Waals surface area contributed by atoms with Crippen LogP contribution in [0.1, 0.15) is 11.5 Å². The molecule has 10 heteroatoms. The number of nitro groups is 1. The van der Waals surface area contributed by atoms with E-state index in [1.807, 2.05) is 0 Å². The first-order chi connectivity index (χ1) is 9.38. The summed E-state index contributed by atoms with van der Waals surface area (Å²) in [4.78, 5) is 10.2. The van der Waals surface area contributed by atoms with Crippen molar-refractivity contribution in [1.82, 2.24) is 10.2 Å². The van der Waals surface area contributed by atoms with Gasteiger partial charge in [-0.25, -0.2) is 0 Å². The predicted octanol–water partition coefficient (Wildman–Crippen LogP) is 3.29. The van der Waals surface area contributed by atoms with Gasteiger partial charge in [0.25, 0.3) is 10.9 Å². The number of hydrogen-bond donors (Lipinski definition) is 0. The lowest BCUT2D eigenvalue weighted by molar-refractivity contribution is -0.385. The van der Waals surface area contributed by atoms with Gasteiger partial charge >= 0.3 is 12.1 Å². The van der Waals surface area contributed by atoms with E-state index in [-0.39, 0.29) is 16.7 Å². The maximum atomic E-state index is 12.2. The third kappa shape index (κ3) is 3.26. The summed E-state index contributed by atoms with van der Waals surface area (Å²) in [6, 6.07) is 5.91. The minimum Gasteiger partial charge on any atom is -0.408 e. The Kier molecular flexibility index (Phi) is 3.93. The molecule has 106 valence electrons. The van der Waals surface area contributed by atoms with Crippen molar-refractivity contribution in [3.05, 3.63) is 45.8 Å². The van der Waals surface area contributed by atoms with E-state index in [2.05, 4.69) is 14.6 Å². The van der Waals surface area contributed by atoms with Crippen LogP contribution in [0.2, 0.25) is 0 Å². The van der Waals surface area contributed by atoms with Crippen LogP contribution < -0.4 is 0 Å². The molecule has 1 heterocycles. The van der Waals surface area contributed by atoms with E-state index in [0.29, 0.717) is 5.56 Å². The number of alkyl halides is 3. The maximum absolute atomic E-state index is 12.2. The molecule has 0 amide bonds. The summed E-state index contributed by atoms with van der Waals surface area (Å²) in [6.45, 7) is 0. The molecular formula is C10H6F3N3O3S. The van der Waals surface area contributed by atoms with E-state index in [1.54, 1.807) is 6.07 Å². The molecule has 2 aromatic rings. The normalized spacial score (nSPS) is 11.6. The molecule has 0 aliphatic carbocycles. The molecule has 6 nitrogen and oxygen atoms in total. The lowest BCUT2D eigenvalue weighted by Gasteiger charge is -2.00. The van der Waals surface area contributed by atoms with Crippen LogP contribution in [0.15, 0.2) is 33.9 Å². The fourth-order valence-electron chi connectivity index (χ4n) is 1.33. The summed E-state index contributed by atoms with van der Waals surface area (Å²) in [7, 11) is 0. The van der Waals surface area contributed by atoms with Gasteiger partial charge in [-0.15, -0.1) is 10.2 Å². The zero-order valence-electron chi connectivity index (χ0n) is 9.63. The quantitative estimate of drug-likeness (QED) is 0.490. The number of hydrogen-bond acceptors (Lipinski definition) is 6. The molecule has 0 spiro atoms. The average molecular weight is 305 g/mol. The van der Waals surface area contributed by atoms with Crippen LogP contribution in [-0.4, -0.2) is 15.1 Å². The molecule has 2 rings (SSSR count). The lowest BCUT2D eigenvalue weighted by Crippen LogP contribution is -2.04. The average Bonchev–Trinajstić information content (AvgIpc) is 2.85. The SMILES string of the molecule is O=[N+]([O-])c1ccccc1CSc1nnc(C(F)(F)F)o1. The van der Waals surface area contributed by atoms with E-state index in [4.69, 9.17) is 0 Å². The first kappa shape index (κ1) is 14.3. The lowest BCUT2D eigenvalue weighted by atomic mass is 10.2. The molecule has 0 saturated carbocycles. The van der Waals surface area contributed by atoms with Crippen LogP contribution in [-0.2, 0) is 11.9 Å². The maximum Gasteiger partial charge on any atom is 0.470 e. The van der Waals surface area contributed by atoms with Gasteiger partial charge in [0.15, 0.2) is 0 Å². The summed E-state index contributed by atoms with van der Waals surface area (Å²) >= 11 is 0.797. The Morgan fingerprint density at radius 3 is 2.60 bits per heavy atom. The standard InChI is InChI=1S/C10H6F3N3O3S/c11-10(12,13)8-14-15-9(19-8)20-5-6-3-1-2-4-7(6)16(17)18/h1-4H,5H2. The Morgan fingerprint density at radius 1 is 1.30 bits per heavy atom. The molecule has 0 saturated heterocycles. The number of benzene rings is 1. The van der Waals surface area contributed by atoms with Gasteiger partial charge in [0.05, 0.1) is 4.92 Å². The number of halogens is 3. The molecule has 0 radical (unpaired) electrons. The number of thioether (sulfide) groups is 1. The Morgan fingerprint density at radius 2 is 2.00 bits per heavy atom.